The van der Waals surface area contributed by atoms with E-state index in [1.54, 1.807) is 0 Å². The SMILES string of the molecule is CC/C=C\C/C=C\C/C=C\C/C=C\C/C=C\CCCC(=O)OCC(COP(=O)(O)OCC(O)COP(=O)(O)OCC(COC(=O)CCCCCCCC/C=C\C/C=C\C/C=C\CCCCC)OC(=O)CCCCCCC/C=C\CCCCCCCC)OC(=O)CCCCCCC/C=C\CCCCCC. The molecule has 3 N–H and O–H groups in total. The van der Waals surface area contributed by atoms with Gasteiger partial charge >= 0.3 is 39.5 Å². The second kappa shape index (κ2) is 76.6. The van der Waals surface area contributed by atoms with Gasteiger partial charge in [0, 0.05) is 25.7 Å². The summed E-state index contributed by atoms with van der Waals surface area (Å²) in [5.74, 6) is -2.27. The number of carbonyl (C=O) groups is 4. The average molecular weight is 1500 g/mol. The third kappa shape index (κ3) is 75.7. The summed E-state index contributed by atoms with van der Waals surface area (Å²) < 4.78 is 68.6. The van der Waals surface area contributed by atoms with E-state index in [0.717, 1.165) is 167 Å². The smallest absolute Gasteiger partial charge is 0.462 e. The maximum Gasteiger partial charge on any atom is 0.472 e. The van der Waals surface area contributed by atoms with Crippen LogP contribution in [0.1, 0.15) is 336 Å². The van der Waals surface area contributed by atoms with Crippen molar-refractivity contribution in [3.8, 4) is 0 Å². The molecule has 598 valence electrons. The Bertz CT molecular complexity index is 2440. The summed E-state index contributed by atoms with van der Waals surface area (Å²) in [6.45, 7) is 4.64. The molecule has 0 rings (SSSR count). The standard InChI is InChI=1S/C85H146O17P2/c1-5-9-13-17-21-25-29-33-36-38-39-41-44-47-50-54-58-62-66-70-83(88)96-76-81(102-85(90)72-68-64-60-56-52-48-42-35-31-27-23-19-15-11-7-3)78-100-104(93,94)98-74-79(86)73-97-103(91,92)99-77-80(101-84(89)71-67-63-59-55-51-45-32-28-24-20-16-12-8-4)75-95-82(87)69-65-61-57-53-49-46-43-40-37-34-30-26-22-18-14-10-6-2/h10,14,21-22,25-26,28,32-37,39,41-43,46,53,57,79-81,86H,5-9,11-13,15-20,23-24,27,29-31,38,40,44-45,47-52,54-56,58-78H2,1-4H3,(H,91,92)(H,93,94)/b14-10-,25-21-,26-22-,32-28-,36-33-,37-34-,41-39-,42-35-,46-43-,57-53-. The van der Waals surface area contributed by atoms with E-state index >= 15 is 0 Å². The number of phosphoric ester groups is 2. The lowest BCUT2D eigenvalue weighted by molar-refractivity contribution is -0.161. The minimum Gasteiger partial charge on any atom is -0.462 e. The number of unbranched alkanes of at least 4 members (excludes halogenated alkanes) is 30. The van der Waals surface area contributed by atoms with Gasteiger partial charge in [-0.1, -0.05) is 278 Å². The van der Waals surface area contributed by atoms with Crippen LogP contribution < -0.4 is 0 Å². The highest BCUT2D eigenvalue weighted by Gasteiger charge is 2.30. The molecule has 0 spiro atoms. The Balaban J connectivity index is 5.41. The fraction of sp³-hybridized carbons (Fsp3) is 0.718. The van der Waals surface area contributed by atoms with Crippen LogP contribution in [0.15, 0.2) is 122 Å². The Hall–Kier alpha value is -4.54. The van der Waals surface area contributed by atoms with Gasteiger partial charge in [-0.2, -0.15) is 0 Å². The number of rotatable bonds is 76. The zero-order chi connectivity index (χ0) is 76.0. The van der Waals surface area contributed by atoms with Gasteiger partial charge in [0.05, 0.1) is 26.4 Å². The van der Waals surface area contributed by atoms with Crippen LogP contribution in [0.2, 0.25) is 0 Å². The lowest BCUT2D eigenvalue weighted by Crippen LogP contribution is -2.30. The molecule has 104 heavy (non-hydrogen) atoms. The fourth-order valence-electron chi connectivity index (χ4n) is 10.7. The number of carbonyl (C=O) groups excluding carboxylic acids is 4. The van der Waals surface area contributed by atoms with E-state index in [9.17, 15) is 43.2 Å². The highest BCUT2D eigenvalue weighted by atomic mass is 31.2. The van der Waals surface area contributed by atoms with Crippen LogP contribution in [0.5, 0.6) is 0 Å². The Morgan fingerprint density at radius 2 is 0.510 bits per heavy atom. The number of esters is 4. The van der Waals surface area contributed by atoms with Gasteiger partial charge in [-0.15, -0.1) is 0 Å². The molecule has 0 aliphatic heterocycles. The minimum absolute atomic E-state index is 0.0707. The number of aliphatic hydroxyl groups excluding tert-OH is 1. The first-order valence-corrected chi connectivity index (χ1v) is 43.8. The van der Waals surface area contributed by atoms with Gasteiger partial charge in [0.15, 0.2) is 12.2 Å². The van der Waals surface area contributed by atoms with Crippen LogP contribution in [0.4, 0.5) is 0 Å². The van der Waals surface area contributed by atoms with Gasteiger partial charge in [0.25, 0.3) is 0 Å². The normalized spacial score (nSPS) is 14.5. The van der Waals surface area contributed by atoms with Crippen LogP contribution in [0.25, 0.3) is 0 Å². The summed E-state index contributed by atoms with van der Waals surface area (Å²) in [4.78, 5) is 73.0. The van der Waals surface area contributed by atoms with Crippen molar-refractivity contribution >= 4 is 39.5 Å². The van der Waals surface area contributed by atoms with Crippen molar-refractivity contribution in [3.63, 3.8) is 0 Å². The highest BCUT2D eigenvalue weighted by molar-refractivity contribution is 7.47. The van der Waals surface area contributed by atoms with Crippen LogP contribution >= 0.6 is 15.6 Å². The number of ether oxygens (including phenoxy) is 4. The molecule has 0 aromatic carbocycles. The van der Waals surface area contributed by atoms with Gasteiger partial charge in [-0.3, -0.25) is 37.3 Å². The van der Waals surface area contributed by atoms with E-state index in [0.29, 0.717) is 32.1 Å². The summed E-state index contributed by atoms with van der Waals surface area (Å²) in [6, 6.07) is 0. The van der Waals surface area contributed by atoms with E-state index in [2.05, 4.69) is 137 Å². The van der Waals surface area contributed by atoms with Crippen LogP contribution in [-0.2, 0) is 65.4 Å². The van der Waals surface area contributed by atoms with Crippen molar-refractivity contribution in [1.82, 2.24) is 0 Å². The van der Waals surface area contributed by atoms with Gasteiger partial charge < -0.3 is 33.8 Å². The molecule has 0 saturated carbocycles. The predicted molar refractivity (Wildman–Crippen MR) is 427 cm³/mol. The van der Waals surface area contributed by atoms with Crippen molar-refractivity contribution < 1.29 is 80.2 Å². The second-order valence-electron chi connectivity index (χ2n) is 27.0. The summed E-state index contributed by atoms with van der Waals surface area (Å²) in [5.41, 5.74) is 0. The van der Waals surface area contributed by atoms with Gasteiger partial charge in [-0.05, 0) is 154 Å². The molecule has 0 fully saturated rings. The molecule has 0 aromatic rings. The van der Waals surface area contributed by atoms with Crippen molar-refractivity contribution in [3.05, 3.63) is 122 Å². The monoisotopic (exact) mass is 1500 g/mol. The average Bonchev–Trinajstić information content (AvgIpc) is 0.918. The number of phosphoric acid groups is 2. The highest BCUT2D eigenvalue weighted by Crippen LogP contribution is 2.45. The van der Waals surface area contributed by atoms with Gasteiger partial charge in [0.1, 0.15) is 19.3 Å². The number of hydrogen-bond donors (Lipinski definition) is 3. The molecule has 19 heteroatoms. The molecule has 5 unspecified atom stereocenters. The molecule has 5 atom stereocenters. The topological polar surface area (TPSA) is 237 Å². The Morgan fingerprint density at radius 1 is 0.279 bits per heavy atom. The lowest BCUT2D eigenvalue weighted by atomic mass is 10.1. The first-order valence-electron chi connectivity index (χ1n) is 40.8. The lowest BCUT2D eigenvalue weighted by Gasteiger charge is -2.21. The van der Waals surface area contributed by atoms with Crippen molar-refractivity contribution in [2.24, 2.45) is 0 Å². The zero-order valence-electron chi connectivity index (χ0n) is 65.4. The van der Waals surface area contributed by atoms with Crippen molar-refractivity contribution in [2.75, 3.05) is 39.6 Å². The number of allylic oxidation sites excluding steroid dienone is 20. The molecular formula is C85H146O17P2. The molecule has 0 radical (unpaired) electrons. The fourth-order valence-corrected chi connectivity index (χ4v) is 12.2. The first kappa shape index (κ1) is 99.5. The maximum absolute atomic E-state index is 13.1. The first-order chi connectivity index (χ1) is 50.7. The third-order valence-corrected chi connectivity index (χ3v) is 18.8. The molecule has 0 heterocycles. The van der Waals surface area contributed by atoms with Gasteiger partial charge in [-0.25, -0.2) is 9.13 Å². The Morgan fingerprint density at radius 3 is 0.846 bits per heavy atom. The molecule has 0 aliphatic rings. The van der Waals surface area contributed by atoms with Crippen LogP contribution in [0, 0.1) is 0 Å². The zero-order valence-corrected chi connectivity index (χ0v) is 67.2. The molecule has 0 aliphatic carbocycles. The van der Waals surface area contributed by atoms with Gasteiger partial charge in [0.2, 0.25) is 0 Å². The van der Waals surface area contributed by atoms with E-state index in [-0.39, 0.29) is 25.7 Å². The molecule has 0 aromatic heterocycles. The second-order valence-corrected chi connectivity index (χ2v) is 29.9. The molecular weight excluding hydrogens is 1350 g/mol. The predicted octanol–water partition coefficient (Wildman–Crippen LogP) is 23.9. The minimum atomic E-state index is -4.99. The van der Waals surface area contributed by atoms with Crippen molar-refractivity contribution in [2.45, 2.75) is 354 Å². The molecule has 0 amide bonds. The van der Waals surface area contributed by atoms with E-state index < -0.39 is 97.5 Å². The Kier molecular flexibility index (Phi) is 73.3. The van der Waals surface area contributed by atoms with E-state index in [1.807, 2.05) is 12.2 Å². The molecule has 0 saturated heterocycles. The third-order valence-electron chi connectivity index (χ3n) is 16.9. The summed E-state index contributed by atoms with van der Waals surface area (Å²) >= 11 is 0. The number of aliphatic hydroxyl groups is 1. The quantitative estimate of drug-likeness (QED) is 0.0169. The van der Waals surface area contributed by atoms with Crippen LogP contribution in [-0.4, -0.2) is 96.7 Å². The summed E-state index contributed by atoms with van der Waals surface area (Å²) in [7, 11) is -9.98. The van der Waals surface area contributed by atoms with Crippen molar-refractivity contribution in [1.29, 1.82) is 0 Å². The van der Waals surface area contributed by atoms with E-state index in [4.69, 9.17) is 37.0 Å². The van der Waals surface area contributed by atoms with E-state index in [1.165, 1.54) is 83.5 Å². The summed E-state index contributed by atoms with van der Waals surface area (Å²) in [5, 5.41) is 10.6. The molecule has 0 bridgehead atoms. The van der Waals surface area contributed by atoms with Crippen LogP contribution in [0.3, 0.4) is 0 Å². The summed E-state index contributed by atoms with van der Waals surface area (Å²) in [6.07, 6.45) is 84.6. The Labute approximate surface area is 632 Å². The maximum atomic E-state index is 13.1. The number of hydrogen-bond acceptors (Lipinski definition) is 15. The largest absolute Gasteiger partial charge is 0.472 e. The molecule has 17 nitrogen and oxygen atoms in total.